The van der Waals surface area contributed by atoms with E-state index in [1.54, 1.807) is 12.1 Å². The van der Waals surface area contributed by atoms with Crippen LogP contribution in [-0.2, 0) is 20.9 Å². The Morgan fingerprint density at radius 2 is 1.73 bits per heavy atom. The van der Waals surface area contributed by atoms with Crippen LogP contribution >= 0.6 is 0 Å². The van der Waals surface area contributed by atoms with Crippen LogP contribution < -0.4 is 10.1 Å². The second kappa shape index (κ2) is 13.9. The number of nitrogens with one attached hydrogen (secondary N) is 1. The predicted molar refractivity (Wildman–Crippen MR) is 128 cm³/mol. The number of hydrogen-bond acceptors (Lipinski definition) is 5. The fourth-order valence-electron chi connectivity index (χ4n) is 3.22. The Morgan fingerprint density at radius 1 is 0.970 bits per heavy atom. The molecule has 0 fully saturated rings. The van der Waals surface area contributed by atoms with E-state index in [1.165, 1.54) is 11.8 Å². The maximum absolute atomic E-state index is 12.7. The number of amides is 2. The molecule has 0 unspecified atom stereocenters. The molecule has 7 nitrogen and oxygen atoms in total. The summed E-state index contributed by atoms with van der Waals surface area (Å²) in [6.07, 6.45) is 3.03. The summed E-state index contributed by atoms with van der Waals surface area (Å²) in [5.74, 6) is -0.144. The monoisotopic (exact) mass is 454 g/mol. The van der Waals surface area contributed by atoms with E-state index in [0.717, 1.165) is 42.4 Å². The zero-order valence-electron chi connectivity index (χ0n) is 19.8. The van der Waals surface area contributed by atoms with Crippen molar-refractivity contribution in [1.82, 2.24) is 10.2 Å². The van der Waals surface area contributed by atoms with Gasteiger partial charge in [0.2, 0.25) is 5.91 Å². The number of para-hydroxylation sites is 1. The van der Waals surface area contributed by atoms with Crippen molar-refractivity contribution in [2.24, 2.45) is 0 Å². The summed E-state index contributed by atoms with van der Waals surface area (Å²) in [5.41, 5.74) is 2.44. The predicted octanol–water partition coefficient (Wildman–Crippen LogP) is 4.93. The lowest BCUT2D eigenvalue weighted by molar-refractivity contribution is -0.131. The number of carbonyl (C=O) groups excluding carboxylic acids is 3. The number of benzene rings is 2. The molecule has 0 saturated carbocycles. The van der Waals surface area contributed by atoms with Crippen molar-refractivity contribution in [3.05, 3.63) is 54.1 Å². The van der Waals surface area contributed by atoms with E-state index in [0.29, 0.717) is 18.9 Å². The van der Waals surface area contributed by atoms with Gasteiger partial charge in [0.25, 0.3) is 0 Å². The molecule has 0 aromatic heterocycles. The van der Waals surface area contributed by atoms with E-state index in [-0.39, 0.29) is 19.0 Å². The van der Waals surface area contributed by atoms with Gasteiger partial charge in [-0.25, -0.2) is 4.79 Å². The van der Waals surface area contributed by atoms with Crippen LogP contribution in [-0.4, -0.2) is 42.6 Å². The third-order valence-electron chi connectivity index (χ3n) is 4.92. The summed E-state index contributed by atoms with van der Waals surface area (Å²) in [7, 11) is 0. The van der Waals surface area contributed by atoms with Gasteiger partial charge in [-0.1, -0.05) is 63.1 Å². The molecule has 0 aliphatic rings. The molecule has 0 heterocycles. The minimum atomic E-state index is -0.514. The Kier molecular flexibility index (Phi) is 10.9. The van der Waals surface area contributed by atoms with Gasteiger partial charge >= 0.3 is 12.1 Å². The lowest BCUT2D eigenvalue weighted by atomic mass is 10.0. The van der Waals surface area contributed by atoms with Crippen LogP contribution in [0.2, 0.25) is 0 Å². The highest BCUT2D eigenvalue weighted by Gasteiger charge is 2.19. The third-order valence-corrected chi connectivity index (χ3v) is 4.92. The highest BCUT2D eigenvalue weighted by Crippen LogP contribution is 2.30. The van der Waals surface area contributed by atoms with Crippen molar-refractivity contribution in [3.63, 3.8) is 0 Å². The van der Waals surface area contributed by atoms with Gasteiger partial charge in [-0.05, 0) is 36.1 Å². The molecule has 7 heteroatoms. The SMILES string of the molecule is CCCCNC(=O)CN(Cc1cccc(-c2ccccc2OC(C)=O)c1)C(=O)OCCCC. The molecular weight excluding hydrogens is 420 g/mol. The zero-order valence-corrected chi connectivity index (χ0v) is 19.8. The summed E-state index contributed by atoms with van der Waals surface area (Å²) in [6, 6.07) is 14.9. The largest absolute Gasteiger partial charge is 0.449 e. The molecule has 0 bridgehead atoms. The van der Waals surface area contributed by atoms with E-state index in [4.69, 9.17) is 9.47 Å². The molecule has 0 saturated heterocycles. The van der Waals surface area contributed by atoms with Crippen LogP contribution in [0.15, 0.2) is 48.5 Å². The molecule has 2 aromatic rings. The molecular formula is C26H34N2O5. The minimum Gasteiger partial charge on any atom is -0.449 e. The topological polar surface area (TPSA) is 84.9 Å². The van der Waals surface area contributed by atoms with Crippen molar-refractivity contribution in [1.29, 1.82) is 0 Å². The molecule has 0 spiro atoms. The molecule has 0 radical (unpaired) electrons. The number of ether oxygens (including phenoxy) is 2. The number of esters is 1. The van der Waals surface area contributed by atoms with Crippen LogP contribution in [0, 0.1) is 0 Å². The molecule has 1 N–H and O–H groups in total. The van der Waals surface area contributed by atoms with Gasteiger partial charge in [0.1, 0.15) is 12.3 Å². The summed E-state index contributed by atoms with van der Waals surface area (Å²) in [5, 5.41) is 2.85. The first kappa shape index (κ1) is 25.9. The fourth-order valence-corrected chi connectivity index (χ4v) is 3.22. The lowest BCUT2D eigenvalue weighted by Gasteiger charge is -2.22. The van der Waals surface area contributed by atoms with Crippen molar-refractivity contribution in [3.8, 4) is 16.9 Å². The van der Waals surface area contributed by atoms with Gasteiger partial charge in [0.15, 0.2) is 0 Å². The average molecular weight is 455 g/mol. The van der Waals surface area contributed by atoms with Crippen LogP contribution in [0.1, 0.15) is 52.0 Å². The van der Waals surface area contributed by atoms with Gasteiger partial charge in [0, 0.05) is 25.6 Å². The molecule has 2 amide bonds. The Hall–Kier alpha value is -3.35. The first-order valence-electron chi connectivity index (χ1n) is 11.5. The fraction of sp³-hybridized carbons (Fsp3) is 0.423. The van der Waals surface area contributed by atoms with Gasteiger partial charge in [-0.15, -0.1) is 0 Å². The molecule has 33 heavy (non-hydrogen) atoms. The number of hydrogen-bond donors (Lipinski definition) is 1. The van der Waals surface area contributed by atoms with E-state index in [9.17, 15) is 14.4 Å². The summed E-state index contributed by atoms with van der Waals surface area (Å²) >= 11 is 0. The molecule has 2 aromatic carbocycles. The van der Waals surface area contributed by atoms with E-state index in [2.05, 4.69) is 12.2 Å². The Bertz CT molecular complexity index is 928. The second-order valence-electron chi connectivity index (χ2n) is 7.82. The first-order chi connectivity index (χ1) is 15.9. The quantitative estimate of drug-likeness (QED) is 0.279. The van der Waals surface area contributed by atoms with E-state index >= 15 is 0 Å². The highest BCUT2D eigenvalue weighted by atomic mass is 16.6. The van der Waals surface area contributed by atoms with Crippen molar-refractivity contribution >= 4 is 18.0 Å². The summed E-state index contributed by atoms with van der Waals surface area (Å²) < 4.78 is 10.7. The number of nitrogens with zero attached hydrogens (tertiary/aromatic N) is 1. The standard InChI is InChI=1S/C26H34N2O5/c1-4-6-15-27-25(30)19-28(26(31)32-16-7-5-2)18-21-11-10-12-22(17-21)23-13-8-9-14-24(23)33-20(3)29/h8-14,17H,4-7,15-16,18-19H2,1-3H3,(H,27,30). The van der Waals surface area contributed by atoms with Gasteiger partial charge in [-0.2, -0.15) is 0 Å². The molecule has 0 atom stereocenters. The Labute approximate surface area is 196 Å². The number of unbranched alkanes of at least 4 members (excludes halogenated alkanes) is 2. The molecule has 0 aliphatic heterocycles. The summed E-state index contributed by atoms with van der Waals surface area (Å²) in [4.78, 5) is 37.9. The maximum atomic E-state index is 12.7. The van der Waals surface area contributed by atoms with Gasteiger partial charge in [0.05, 0.1) is 6.61 Å². The van der Waals surface area contributed by atoms with E-state index < -0.39 is 12.1 Å². The van der Waals surface area contributed by atoms with Crippen LogP contribution in [0.4, 0.5) is 4.79 Å². The van der Waals surface area contributed by atoms with Crippen molar-refractivity contribution < 1.29 is 23.9 Å². The van der Waals surface area contributed by atoms with E-state index in [1.807, 2.05) is 43.3 Å². The smallest absolute Gasteiger partial charge is 0.410 e. The maximum Gasteiger partial charge on any atom is 0.410 e. The van der Waals surface area contributed by atoms with Crippen LogP contribution in [0.5, 0.6) is 5.75 Å². The van der Waals surface area contributed by atoms with Crippen LogP contribution in [0.3, 0.4) is 0 Å². The summed E-state index contributed by atoms with van der Waals surface area (Å²) in [6.45, 7) is 6.47. The van der Waals surface area contributed by atoms with Gasteiger partial charge in [-0.3, -0.25) is 14.5 Å². The van der Waals surface area contributed by atoms with Crippen LogP contribution in [0.25, 0.3) is 11.1 Å². The third kappa shape index (κ3) is 8.96. The number of rotatable bonds is 12. The highest BCUT2D eigenvalue weighted by molar-refractivity contribution is 5.82. The van der Waals surface area contributed by atoms with Crippen molar-refractivity contribution in [2.45, 2.75) is 53.0 Å². The molecule has 0 aliphatic carbocycles. The molecule has 2 rings (SSSR count). The normalized spacial score (nSPS) is 10.4. The first-order valence-corrected chi connectivity index (χ1v) is 11.5. The average Bonchev–Trinajstić information content (AvgIpc) is 2.79. The van der Waals surface area contributed by atoms with Gasteiger partial charge < -0.3 is 14.8 Å². The lowest BCUT2D eigenvalue weighted by Crippen LogP contribution is -2.41. The molecule has 178 valence electrons. The second-order valence-corrected chi connectivity index (χ2v) is 7.82. The minimum absolute atomic E-state index is 0.0804. The zero-order chi connectivity index (χ0) is 24.1. The van der Waals surface area contributed by atoms with Crippen molar-refractivity contribution in [2.75, 3.05) is 19.7 Å². The Balaban J connectivity index is 2.21. The Morgan fingerprint density at radius 3 is 2.45 bits per heavy atom. The number of carbonyl (C=O) groups is 3.